The summed E-state index contributed by atoms with van der Waals surface area (Å²) in [5.74, 6) is -1.33. The van der Waals surface area contributed by atoms with Gasteiger partial charge >= 0.3 is 5.97 Å². The van der Waals surface area contributed by atoms with Crippen molar-refractivity contribution in [3.05, 3.63) is 28.8 Å². The van der Waals surface area contributed by atoms with E-state index in [9.17, 15) is 14.4 Å². The van der Waals surface area contributed by atoms with Crippen LogP contribution in [-0.2, 0) is 9.59 Å². The van der Waals surface area contributed by atoms with E-state index in [2.05, 4.69) is 10.6 Å². The van der Waals surface area contributed by atoms with E-state index in [1.807, 2.05) is 20.8 Å². The highest BCUT2D eigenvalue weighted by atomic mass is 16.4. The van der Waals surface area contributed by atoms with Gasteiger partial charge in [-0.25, -0.2) is 4.79 Å². The summed E-state index contributed by atoms with van der Waals surface area (Å²) in [6.45, 7) is 7.29. The molecule has 0 aliphatic rings. The zero-order valence-corrected chi connectivity index (χ0v) is 14.0. The normalized spacial score (nSPS) is 10.5. The molecule has 0 saturated heterocycles. The Morgan fingerprint density at radius 2 is 1.65 bits per heavy atom. The lowest BCUT2D eigenvalue weighted by atomic mass is 10.0. The minimum absolute atomic E-state index is 0.0764. The summed E-state index contributed by atoms with van der Waals surface area (Å²) in [5, 5.41) is 14.6. The van der Waals surface area contributed by atoms with E-state index in [-0.39, 0.29) is 29.8 Å². The number of nitrogens with one attached hydrogen (secondary N) is 2. The second-order valence-electron chi connectivity index (χ2n) is 5.91. The predicted octanol–water partition coefficient (Wildman–Crippen LogP) is 2.64. The van der Waals surface area contributed by atoms with Crippen LogP contribution < -0.4 is 10.6 Å². The largest absolute Gasteiger partial charge is 0.478 e. The molecule has 3 N–H and O–H groups in total. The van der Waals surface area contributed by atoms with E-state index in [0.29, 0.717) is 24.1 Å². The molecule has 0 aliphatic carbocycles. The van der Waals surface area contributed by atoms with E-state index >= 15 is 0 Å². The molecule has 2 amide bonds. The number of hydrogen-bond acceptors (Lipinski definition) is 3. The first-order valence-electron chi connectivity index (χ1n) is 7.64. The fourth-order valence-electron chi connectivity index (χ4n) is 2.23. The lowest BCUT2D eigenvalue weighted by Gasteiger charge is -2.12. The maximum absolute atomic E-state index is 11.9. The second-order valence-corrected chi connectivity index (χ2v) is 5.91. The summed E-state index contributed by atoms with van der Waals surface area (Å²) >= 11 is 0. The molecule has 0 bridgehead atoms. The summed E-state index contributed by atoms with van der Waals surface area (Å²) in [5.41, 5.74) is 2.11. The molecule has 1 aromatic rings. The van der Waals surface area contributed by atoms with Crippen molar-refractivity contribution in [2.75, 3.05) is 5.32 Å². The number of anilines is 1. The van der Waals surface area contributed by atoms with E-state index in [4.69, 9.17) is 5.11 Å². The summed E-state index contributed by atoms with van der Waals surface area (Å²) in [6.07, 6.45) is 0.946. The average molecular weight is 320 g/mol. The van der Waals surface area contributed by atoms with Crippen LogP contribution in [-0.4, -0.2) is 28.9 Å². The molecule has 0 saturated carbocycles. The Morgan fingerprint density at radius 3 is 2.22 bits per heavy atom. The van der Waals surface area contributed by atoms with Gasteiger partial charge in [0.1, 0.15) is 0 Å². The van der Waals surface area contributed by atoms with Crippen LogP contribution in [0.1, 0.15) is 54.6 Å². The standard InChI is InChI=1S/C17H24N2O4/c1-10(2)18-15(20)6-5-7-16(21)19-14-9-13(17(22)23)11(3)8-12(14)4/h8-10H,5-7H2,1-4H3,(H,18,20)(H,19,21)(H,22,23). The van der Waals surface area contributed by atoms with E-state index in [1.54, 1.807) is 13.0 Å². The van der Waals surface area contributed by atoms with Gasteiger partial charge in [-0.15, -0.1) is 0 Å². The number of carboxylic acid groups (broad SMARTS) is 1. The predicted molar refractivity (Wildman–Crippen MR) is 88.6 cm³/mol. The monoisotopic (exact) mass is 320 g/mol. The molecule has 6 nitrogen and oxygen atoms in total. The van der Waals surface area contributed by atoms with Crippen molar-refractivity contribution in [1.82, 2.24) is 5.32 Å². The summed E-state index contributed by atoms with van der Waals surface area (Å²) in [4.78, 5) is 34.6. The van der Waals surface area contributed by atoms with Gasteiger partial charge in [0.05, 0.1) is 5.56 Å². The van der Waals surface area contributed by atoms with Crippen molar-refractivity contribution >= 4 is 23.5 Å². The number of rotatable bonds is 7. The lowest BCUT2D eigenvalue weighted by molar-refractivity contribution is -0.121. The first-order chi connectivity index (χ1) is 10.7. The van der Waals surface area contributed by atoms with Crippen LogP contribution in [0.5, 0.6) is 0 Å². The molecule has 0 atom stereocenters. The van der Waals surface area contributed by atoms with Crippen molar-refractivity contribution in [2.45, 2.75) is 53.0 Å². The second kappa shape index (κ2) is 8.31. The molecule has 0 unspecified atom stereocenters. The Bertz CT molecular complexity index is 609. The number of amides is 2. The van der Waals surface area contributed by atoms with Crippen LogP contribution in [0.25, 0.3) is 0 Å². The van der Waals surface area contributed by atoms with E-state index in [1.165, 1.54) is 6.07 Å². The van der Waals surface area contributed by atoms with Gasteiger partial charge in [-0.05, 0) is 51.3 Å². The Morgan fingerprint density at radius 1 is 1.04 bits per heavy atom. The Labute approximate surface area is 136 Å². The van der Waals surface area contributed by atoms with Gasteiger partial charge in [0, 0.05) is 24.6 Å². The summed E-state index contributed by atoms with van der Waals surface area (Å²) in [7, 11) is 0. The van der Waals surface area contributed by atoms with Gasteiger partial charge in [-0.3, -0.25) is 9.59 Å². The molecule has 1 rings (SSSR count). The smallest absolute Gasteiger partial charge is 0.336 e. The van der Waals surface area contributed by atoms with Crippen molar-refractivity contribution in [3.8, 4) is 0 Å². The van der Waals surface area contributed by atoms with E-state index in [0.717, 1.165) is 5.56 Å². The number of aryl methyl sites for hydroxylation is 2. The third-order valence-electron chi connectivity index (χ3n) is 3.33. The van der Waals surface area contributed by atoms with Gasteiger partial charge < -0.3 is 15.7 Å². The van der Waals surface area contributed by atoms with Crippen molar-refractivity contribution in [3.63, 3.8) is 0 Å². The lowest BCUT2D eigenvalue weighted by Crippen LogP contribution is -2.30. The molecule has 6 heteroatoms. The maximum Gasteiger partial charge on any atom is 0.336 e. The Kier molecular flexibility index (Phi) is 6.75. The van der Waals surface area contributed by atoms with Gasteiger partial charge in [-0.2, -0.15) is 0 Å². The number of hydrogen-bond donors (Lipinski definition) is 3. The van der Waals surface area contributed by atoms with Crippen molar-refractivity contribution in [1.29, 1.82) is 0 Å². The number of benzene rings is 1. The SMILES string of the molecule is Cc1cc(C)c(C(=O)O)cc1NC(=O)CCCC(=O)NC(C)C. The van der Waals surface area contributed by atoms with Gasteiger partial charge in [0.15, 0.2) is 0 Å². The third kappa shape index (κ3) is 6.10. The van der Waals surface area contributed by atoms with Gasteiger partial charge in [-0.1, -0.05) is 6.07 Å². The molecule has 0 aromatic heterocycles. The molecule has 1 aromatic carbocycles. The molecule has 23 heavy (non-hydrogen) atoms. The summed E-state index contributed by atoms with van der Waals surface area (Å²) in [6, 6.07) is 3.28. The van der Waals surface area contributed by atoms with Crippen LogP contribution >= 0.6 is 0 Å². The summed E-state index contributed by atoms with van der Waals surface area (Å²) < 4.78 is 0. The first kappa shape index (κ1) is 18.7. The Hall–Kier alpha value is -2.37. The zero-order valence-electron chi connectivity index (χ0n) is 14.0. The molecular formula is C17H24N2O4. The quantitative estimate of drug-likeness (QED) is 0.719. The molecule has 0 heterocycles. The number of carboxylic acids is 1. The van der Waals surface area contributed by atoms with Crippen LogP contribution in [0.15, 0.2) is 12.1 Å². The minimum Gasteiger partial charge on any atom is -0.478 e. The van der Waals surface area contributed by atoms with Crippen LogP contribution in [0.4, 0.5) is 5.69 Å². The number of carbonyl (C=O) groups is 3. The molecular weight excluding hydrogens is 296 g/mol. The zero-order chi connectivity index (χ0) is 17.6. The molecule has 0 fully saturated rings. The highest BCUT2D eigenvalue weighted by Gasteiger charge is 2.13. The molecule has 126 valence electrons. The fourth-order valence-corrected chi connectivity index (χ4v) is 2.23. The molecule has 0 spiro atoms. The third-order valence-corrected chi connectivity index (χ3v) is 3.33. The van der Waals surface area contributed by atoms with Crippen LogP contribution in [0, 0.1) is 13.8 Å². The number of aromatic carboxylic acids is 1. The van der Waals surface area contributed by atoms with Crippen molar-refractivity contribution in [2.24, 2.45) is 0 Å². The van der Waals surface area contributed by atoms with Crippen LogP contribution in [0.3, 0.4) is 0 Å². The maximum atomic E-state index is 11.9. The van der Waals surface area contributed by atoms with Gasteiger partial charge in [0.25, 0.3) is 0 Å². The fraction of sp³-hybridized carbons (Fsp3) is 0.471. The minimum atomic E-state index is -1.02. The average Bonchev–Trinajstić information content (AvgIpc) is 2.40. The molecule has 0 aliphatic heterocycles. The highest BCUT2D eigenvalue weighted by molar-refractivity contribution is 5.95. The van der Waals surface area contributed by atoms with E-state index < -0.39 is 5.97 Å². The van der Waals surface area contributed by atoms with Gasteiger partial charge in [0.2, 0.25) is 11.8 Å². The Balaban J connectivity index is 2.59. The number of carbonyl (C=O) groups excluding carboxylic acids is 2. The topological polar surface area (TPSA) is 95.5 Å². The first-order valence-corrected chi connectivity index (χ1v) is 7.64. The molecule has 0 radical (unpaired) electrons. The van der Waals surface area contributed by atoms with Crippen LogP contribution in [0.2, 0.25) is 0 Å². The highest BCUT2D eigenvalue weighted by Crippen LogP contribution is 2.21. The van der Waals surface area contributed by atoms with Crippen molar-refractivity contribution < 1.29 is 19.5 Å².